The molecule has 0 unspecified atom stereocenters. The molecule has 2 atom stereocenters. The number of benzene rings is 1. The van der Waals surface area contributed by atoms with Gasteiger partial charge in [-0.15, -0.1) is 11.3 Å². The monoisotopic (exact) mass is 546 g/mol. The molecular weight excluding hydrogens is 527 g/mol. The van der Waals surface area contributed by atoms with E-state index in [0.29, 0.717) is 12.6 Å². The molecule has 1 aliphatic rings. The van der Waals surface area contributed by atoms with Gasteiger partial charge in [0.2, 0.25) is 15.9 Å². The van der Waals surface area contributed by atoms with E-state index in [9.17, 15) is 35.2 Å². The number of hydrogen-bond donors (Lipinski definition) is 1. The van der Waals surface area contributed by atoms with E-state index in [4.69, 9.17) is 0 Å². The summed E-state index contributed by atoms with van der Waals surface area (Å²) >= 11 is 0.275. The fourth-order valence-electron chi connectivity index (χ4n) is 3.91. The van der Waals surface area contributed by atoms with Crippen molar-refractivity contribution in [3.05, 3.63) is 64.9 Å². The third-order valence-electron chi connectivity index (χ3n) is 5.66. The minimum atomic E-state index is -4.62. The van der Waals surface area contributed by atoms with E-state index in [1.165, 1.54) is 6.07 Å². The number of nitrogens with zero attached hydrogens (tertiary/aromatic N) is 3. The molecular formula is C22H19F5N4O3S2. The van der Waals surface area contributed by atoms with E-state index in [0.717, 1.165) is 34.8 Å². The van der Waals surface area contributed by atoms with Gasteiger partial charge < -0.3 is 5.32 Å². The molecule has 1 aromatic carbocycles. The number of carbonyl (C=O) groups is 1. The molecule has 0 spiro atoms. The zero-order chi connectivity index (χ0) is 26.3. The SMILES string of the molecule is C[C@H]1CC[C@@H](C(=O)NCc2cc(-c3ncc(C(F)(F)F)s3)c(F)cn2)N1S(=O)(=O)c1ccc(F)cc1. The van der Waals surface area contributed by atoms with Crippen molar-refractivity contribution >= 4 is 27.3 Å². The van der Waals surface area contributed by atoms with Crippen LogP contribution in [0, 0.1) is 11.6 Å². The number of nitrogens with one attached hydrogen (secondary N) is 1. The lowest BCUT2D eigenvalue weighted by Gasteiger charge is -2.27. The number of alkyl halides is 3. The first-order valence-corrected chi connectivity index (χ1v) is 12.9. The Labute approximate surface area is 207 Å². The molecule has 0 radical (unpaired) electrons. The number of halogens is 5. The third kappa shape index (κ3) is 5.25. The number of hydrogen-bond acceptors (Lipinski definition) is 6. The van der Waals surface area contributed by atoms with Gasteiger partial charge in [-0.3, -0.25) is 9.78 Å². The van der Waals surface area contributed by atoms with E-state index >= 15 is 0 Å². The van der Waals surface area contributed by atoms with E-state index in [-0.39, 0.29) is 45.5 Å². The first-order valence-electron chi connectivity index (χ1n) is 10.6. The van der Waals surface area contributed by atoms with Crippen molar-refractivity contribution in [1.29, 1.82) is 0 Å². The zero-order valence-corrected chi connectivity index (χ0v) is 20.2. The Morgan fingerprint density at radius 1 is 1.14 bits per heavy atom. The predicted molar refractivity (Wildman–Crippen MR) is 120 cm³/mol. The number of aromatic nitrogens is 2. The fourth-order valence-corrected chi connectivity index (χ4v) is 6.55. The minimum Gasteiger partial charge on any atom is -0.349 e. The zero-order valence-electron chi connectivity index (χ0n) is 18.6. The second-order valence-electron chi connectivity index (χ2n) is 8.13. The molecule has 192 valence electrons. The van der Waals surface area contributed by atoms with Crippen LogP contribution < -0.4 is 5.32 Å². The minimum absolute atomic E-state index is 0.141. The first-order chi connectivity index (χ1) is 16.9. The summed E-state index contributed by atoms with van der Waals surface area (Å²) in [7, 11) is -4.10. The second-order valence-corrected chi connectivity index (χ2v) is 11.0. The van der Waals surface area contributed by atoms with E-state index in [1.54, 1.807) is 6.92 Å². The number of rotatable bonds is 6. The summed E-state index contributed by atoms with van der Waals surface area (Å²) in [6, 6.07) is 3.93. The van der Waals surface area contributed by atoms with E-state index in [1.807, 2.05) is 0 Å². The maximum atomic E-state index is 14.3. The molecule has 14 heteroatoms. The van der Waals surface area contributed by atoms with Crippen molar-refractivity contribution < 1.29 is 35.2 Å². The normalized spacial score (nSPS) is 18.9. The van der Waals surface area contributed by atoms with Crippen LogP contribution in [0.4, 0.5) is 22.0 Å². The lowest BCUT2D eigenvalue weighted by atomic mass is 10.2. The molecule has 2 aromatic heterocycles. The molecule has 36 heavy (non-hydrogen) atoms. The predicted octanol–water partition coefficient (Wildman–Crippen LogP) is 4.36. The Kier molecular flexibility index (Phi) is 7.12. The maximum absolute atomic E-state index is 14.3. The summed E-state index contributed by atoms with van der Waals surface area (Å²) in [4.78, 5) is 19.3. The van der Waals surface area contributed by atoms with Gasteiger partial charge in [-0.25, -0.2) is 22.2 Å². The molecule has 1 N–H and O–H groups in total. The standard InChI is InChI=1S/C22H19F5N4O3S2/c1-12-2-7-18(31(12)36(33,34)15-5-3-13(23)4-6-15)20(32)29-9-14-8-16(17(24)10-28-14)21-30-11-19(35-21)22(25,26)27/h3-6,8,10-12,18H,2,7,9H2,1H3,(H,29,32)/t12-,18-/m0/s1. The highest BCUT2D eigenvalue weighted by atomic mass is 32.2. The van der Waals surface area contributed by atoms with Gasteiger partial charge in [0.1, 0.15) is 21.7 Å². The van der Waals surface area contributed by atoms with Gasteiger partial charge in [0.15, 0.2) is 5.82 Å². The van der Waals surface area contributed by atoms with Crippen molar-refractivity contribution in [1.82, 2.24) is 19.6 Å². The van der Waals surface area contributed by atoms with Crippen LogP contribution in [0.1, 0.15) is 30.3 Å². The molecule has 1 fully saturated rings. The number of sulfonamides is 1. The number of pyridine rings is 1. The Hall–Kier alpha value is -2.97. The Morgan fingerprint density at radius 2 is 1.83 bits per heavy atom. The molecule has 3 heterocycles. The van der Waals surface area contributed by atoms with Crippen molar-refractivity contribution in [2.45, 2.75) is 49.5 Å². The smallest absolute Gasteiger partial charge is 0.349 e. The van der Waals surface area contributed by atoms with Gasteiger partial charge in [0.25, 0.3) is 0 Å². The van der Waals surface area contributed by atoms with Crippen LogP contribution in [0.2, 0.25) is 0 Å². The van der Waals surface area contributed by atoms with Gasteiger partial charge in [0.05, 0.1) is 29.5 Å². The molecule has 0 saturated carbocycles. The molecule has 0 aliphatic carbocycles. The van der Waals surface area contributed by atoms with Crippen LogP contribution in [-0.2, 0) is 27.5 Å². The topological polar surface area (TPSA) is 92.3 Å². The van der Waals surface area contributed by atoms with Gasteiger partial charge in [0, 0.05) is 11.6 Å². The maximum Gasteiger partial charge on any atom is 0.427 e. The Bertz CT molecular complexity index is 1380. The number of thiazole rings is 1. The number of amides is 1. The Balaban J connectivity index is 1.50. The summed E-state index contributed by atoms with van der Waals surface area (Å²) in [6.07, 6.45) is -2.53. The van der Waals surface area contributed by atoms with Crippen molar-refractivity contribution in [2.75, 3.05) is 0 Å². The Morgan fingerprint density at radius 3 is 2.47 bits per heavy atom. The summed E-state index contributed by atoms with van der Waals surface area (Å²) < 4.78 is 93.5. The molecule has 7 nitrogen and oxygen atoms in total. The highest BCUT2D eigenvalue weighted by molar-refractivity contribution is 7.89. The van der Waals surface area contributed by atoms with Crippen LogP contribution in [0.25, 0.3) is 10.6 Å². The van der Waals surface area contributed by atoms with Crippen LogP contribution in [-0.4, -0.2) is 40.7 Å². The van der Waals surface area contributed by atoms with Crippen molar-refractivity contribution in [3.63, 3.8) is 0 Å². The summed E-state index contributed by atoms with van der Waals surface area (Å²) in [5.74, 6) is -2.10. The lowest BCUT2D eigenvalue weighted by molar-refractivity contribution is -0.134. The van der Waals surface area contributed by atoms with Gasteiger partial charge in [-0.1, -0.05) is 0 Å². The molecule has 4 rings (SSSR count). The van der Waals surface area contributed by atoms with Gasteiger partial charge >= 0.3 is 6.18 Å². The average Bonchev–Trinajstić information content (AvgIpc) is 3.46. The first kappa shape index (κ1) is 26.1. The lowest BCUT2D eigenvalue weighted by Crippen LogP contribution is -2.48. The second kappa shape index (κ2) is 9.82. The van der Waals surface area contributed by atoms with Crippen molar-refractivity contribution in [3.8, 4) is 10.6 Å². The molecule has 0 bridgehead atoms. The van der Waals surface area contributed by atoms with Crippen molar-refractivity contribution in [2.24, 2.45) is 0 Å². The summed E-state index contributed by atoms with van der Waals surface area (Å²) in [5.41, 5.74) is -0.0627. The highest BCUT2D eigenvalue weighted by Crippen LogP contribution is 2.37. The summed E-state index contributed by atoms with van der Waals surface area (Å²) in [5, 5.41) is 2.37. The van der Waals surface area contributed by atoms with Crippen LogP contribution >= 0.6 is 11.3 Å². The highest BCUT2D eigenvalue weighted by Gasteiger charge is 2.43. The average molecular weight is 547 g/mol. The summed E-state index contributed by atoms with van der Waals surface area (Å²) in [6.45, 7) is 1.43. The van der Waals surface area contributed by atoms with Gasteiger partial charge in [-0.2, -0.15) is 17.5 Å². The molecule has 1 aliphatic heterocycles. The molecule has 1 amide bonds. The van der Waals surface area contributed by atoms with Crippen LogP contribution in [0.5, 0.6) is 0 Å². The van der Waals surface area contributed by atoms with E-state index in [2.05, 4.69) is 15.3 Å². The van der Waals surface area contributed by atoms with Gasteiger partial charge in [-0.05, 0) is 50.1 Å². The molecule has 1 saturated heterocycles. The quantitative estimate of drug-likeness (QED) is 0.464. The third-order valence-corrected chi connectivity index (χ3v) is 8.78. The fraction of sp³-hybridized carbons (Fsp3) is 0.318. The number of carbonyl (C=O) groups excluding carboxylic acids is 1. The molecule has 3 aromatic rings. The largest absolute Gasteiger partial charge is 0.427 e. The van der Waals surface area contributed by atoms with Crippen LogP contribution in [0.15, 0.2) is 47.6 Å². The van der Waals surface area contributed by atoms with E-state index < -0.39 is 50.7 Å². The van der Waals surface area contributed by atoms with Crippen LogP contribution in [0.3, 0.4) is 0 Å².